The Balaban J connectivity index is 1.60. The van der Waals surface area contributed by atoms with Gasteiger partial charge in [0.25, 0.3) is 0 Å². The van der Waals surface area contributed by atoms with Gasteiger partial charge in [-0.05, 0) is 58.8 Å². The van der Waals surface area contributed by atoms with E-state index in [0.717, 1.165) is 32.1 Å². The third-order valence-corrected chi connectivity index (χ3v) is 5.01. The molecule has 21 heavy (non-hydrogen) atoms. The number of fused-ring (bicyclic) bond motifs is 1. The van der Waals surface area contributed by atoms with Gasteiger partial charge in [0.15, 0.2) is 6.10 Å². The van der Waals surface area contributed by atoms with Crippen molar-refractivity contribution in [2.75, 3.05) is 6.61 Å². The molecule has 2 fully saturated rings. The molecule has 2 heterocycles. The van der Waals surface area contributed by atoms with Crippen LogP contribution >= 0.6 is 0 Å². The van der Waals surface area contributed by atoms with E-state index in [9.17, 15) is 4.79 Å². The highest BCUT2D eigenvalue weighted by atomic mass is 16.6. The summed E-state index contributed by atoms with van der Waals surface area (Å²) in [5.41, 5.74) is 1.51. The number of esters is 1. The molecule has 0 aromatic heterocycles. The molecule has 118 valence electrons. The molecule has 0 amide bonds. The number of rotatable bonds is 2. The van der Waals surface area contributed by atoms with Crippen LogP contribution in [0.3, 0.4) is 0 Å². The second-order valence-electron chi connectivity index (χ2n) is 7.34. The zero-order chi connectivity index (χ0) is 15.0. The van der Waals surface area contributed by atoms with Crippen LogP contribution in [0.2, 0.25) is 0 Å². The van der Waals surface area contributed by atoms with Crippen LogP contribution < -0.4 is 5.32 Å². The number of hydrogen-bond donors (Lipinski definition) is 1. The molecule has 4 atom stereocenters. The number of hydrogen-bond acceptors (Lipinski definition) is 4. The molecule has 1 N–H and O–H groups in total. The van der Waals surface area contributed by atoms with E-state index in [0.29, 0.717) is 18.6 Å². The van der Waals surface area contributed by atoms with E-state index in [1.807, 2.05) is 0 Å². The Morgan fingerprint density at radius 1 is 1.38 bits per heavy atom. The van der Waals surface area contributed by atoms with Crippen molar-refractivity contribution in [1.82, 2.24) is 5.32 Å². The molecular formula is C17H27NO3. The first-order valence-corrected chi connectivity index (χ1v) is 8.24. The lowest BCUT2D eigenvalue weighted by molar-refractivity contribution is -0.162. The van der Waals surface area contributed by atoms with Crippen molar-refractivity contribution in [3.8, 4) is 0 Å². The number of carbonyl (C=O) groups is 1. The van der Waals surface area contributed by atoms with Gasteiger partial charge in [-0.2, -0.15) is 0 Å². The lowest BCUT2D eigenvalue weighted by Crippen LogP contribution is -2.54. The van der Waals surface area contributed by atoms with E-state index in [-0.39, 0.29) is 23.7 Å². The first-order chi connectivity index (χ1) is 9.94. The zero-order valence-electron chi connectivity index (χ0n) is 13.4. The SMILES string of the molecule is CC1=CC(C)(C)NC2CCC(OC(=O)C3CCCO3)CC12. The maximum absolute atomic E-state index is 12.1. The maximum atomic E-state index is 12.1. The molecule has 4 nitrogen and oxygen atoms in total. The predicted molar refractivity (Wildman–Crippen MR) is 81.0 cm³/mol. The third-order valence-electron chi connectivity index (χ3n) is 5.01. The van der Waals surface area contributed by atoms with E-state index in [1.54, 1.807) is 0 Å². The topological polar surface area (TPSA) is 47.6 Å². The van der Waals surface area contributed by atoms with Crippen LogP contribution in [0, 0.1) is 5.92 Å². The van der Waals surface area contributed by atoms with Gasteiger partial charge in [0.05, 0.1) is 0 Å². The number of nitrogens with one attached hydrogen (secondary N) is 1. The van der Waals surface area contributed by atoms with Crippen molar-refractivity contribution in [3.05, 3.63) is 11.6 Å². The fraction of sp³-hybridized carbons (Fsp3) is 0.824. The van der Waals surface area contributed by atoms with Gasteiger partial charge < -0.3 is 14.8 Å². The van der Waals surface area contributed by atoms with E-state index in [2.05, 4.69) is 32.2 Å². The van der Waals surface area contributed by atoms with Crippen LogP contribution in [-0.4, -0.2) is 36.4 Å². The average molecular weight is 293 g/mol. The van der Waals surface area contributed by atoms with Gasteiger partial charge in [-0.3, -0.25) is 0 Å². The molecule has 3 rings (SSSR count). The normalized spacial score (nSPS) is 38.5. The smallest absolute Gasteiger partial charge is 0.335 e. The van der Waals surface area contributed by atoms with Gasteiger partial charge in [-0.25, -0.2) is 4.79 Å². The first kappa shape index (κ1) is 15.0. The Labute approximate surface area is 127 Å². The van der Waals surface area contributed by atoms with E-state index < -0.39 is 0 Å². The van der Waals surface area contributed by atoms with Gasteiger partial charge in [0.2, 0.25) is 0 Å². The predicted octanol–water partition coefficient (Wildman–Crippen LogP) is 2.57. The van der Waals surface area contributed by atoms with Crippen LogP contribution in [0.25, 0.3) is 0 Å². The minimum atomic E-state index is -0.317. The van der Waals surface area contributed by atoms with Gasteiger partial charge in [-0.1, -0.05) is 11.6 Å². The Morgan fingerprint density at radius 3 is 2.90 bits per heavy atom. The summed E-state index contributed by atoms with van der Waals surface area (Å²) in [6.07, 6.45) is 6.80. The molecule has 0 spiro atoms. The van der Waals surface area contributed by atoms with Gasteiger partial charge in [0.1, 0.15) is 6.10 Å². The molecule has 3 aliphatic rings. The Kier molecular flexibility index (Phi) is 4.10. The van der Waals surface area contributed by atoms with Crippen molar-refractivity contribution in [1.29, 1.82) is 0 Å². The highest BCUT2D eigenvalue weighted by Crippen LogP contribution is 2.37. The lowest BCUT2D eigenvalue weighted by atomic mass is 9.74. The van der Waals surface area contributed by atoms with Crippen LogP contribution in [-0.2, 0) is 14.3 Å². The highest BCUT2D eigenvalue weighted by Gasteiger charge is 2.39. The van der Waals surface area contributed by atoms with Gasteiger partial charge >= 0.3 is 5.97 Å². The molecule has 0 radical (unpaired) electrons. The third kappa shape index (κ3) is 3.32. The summed E-state index contributed by atoms with van der Waals surface area (Å²) in [5.74, 6) is 0.343. The van der Waals surface area contributed by atoms with Crippen LogP contribution in [0.15, 0.2) is 11.6 Å². The van der Waals surface area contributed by atoms with E-state index in [1.165, 1.54) is 5.57 Å². The summed E-state index contributed by atoms with van der Waals surface area (Å²) in [4.78, 5) is 12.1. The van der Waals surface area contributed by atoms with Crippen molar-refractivity contribution < 1.29 is 14.3 Å². The molecule has 0 bridgehead atoms. The van der Waals surface area contributed by atoms with Crippen molar-refractivity contribution in [2.45, 2.75) is 76.7 Å². The molecule has 4 unspecified atom stereocenters. The first-order valence-electron chi connectivity index (χ1n) is 8.24. The fourth-order valence-corrected chi connectivity index (χ4v) is 4.11. The Hall–Kier alpha value is -0.870. The maximum Gasteiger partial charge on any atom is 0.335 e. The summed E-state index contributed by atoms with van der Waals surface area (Å²) in [7, 11) is 0. The van der Waals surface area contributed by atoms with Crippen LogP contribution in [0.4, 0.5) is 0 Å². The molecule has 0 aromatic rings. The molecule has 1 aliphatic carbocycles. The highest BCUT2D eigenvalue weighted by molar-refractivity contribution is 5.75. The van der Waals surface area contributed by atoms with Crippen molar-refractivity contribution >= 4 is 5.97 Å². The molecule has 1 saturated heterocycles. The number of ether oxygens (including phenoxy) is 2. The minimum Gasteiger partial charge on any atom is -0.460 e. The molecule has 4 heteroatoms. The van der Waals surface area contributed by atoms with E-state index >= 15 is 0 Å². The summed E-state index contributed by atoms with van der Waals surface area (Å²) in [6.45, 7) is 7.34. The summed E-state index contributed by atoms with van der Waals surface area (Å²) in [6, 6.07) is 0.516. The average Bonchev–Trinajstić information content (AvgIpc) is 2.92. The van der Waals surface area contributed by atoms with E-state index in [4.69, 9.17) is 9.47 Å². The monoisotopic (exact) mass is 293 g/mol. The Morgan fingerprint density at radius 2 is 2.19 bits per heavy atom. The van der Waals surface area contributed by atoms with Gasteiger partial charge in [0, 0.05) is 18.2 Å². The summed E-state index contributed by atoms with van der Waals surface area (Å²) in [5, 5.41) is 3.71. The van der Waals surface area contributed by atoms with Crippen molar-refractivity contribution in [2.24, 2.45) is 5.92 Å². The van der Waals surface area contributed by atoms with Gasteiger partial charge in [-0.15, -0.1) is 0 Å². The molecular weight excluding hydrogens is 266 g/mol. The fourth-order valence-electron chi connectivity index (χ4n) is 4.11. The largest absolute Gasteiger partial charge is 0.460 e. The Bertz CT molecular complexity index is 437. The number of carbonyl (C=O) groups excluding carboxylic acids is 1. The zero-order valence-corrected chi connectivity index (χ0v) is 13.4. The minimum absolute atomic E-state index is 0.0503. The molecule has 0 aromatic carbocycles. The second-order valence-corrected chi connectivity index (χ2v) is 7.34. The lowest BCUT2D eigenvalue weighted by Gasteiger charge is -2.45. The standard InChI is InChI=1S/C17H27NO3/c1-11-10-17(2,3)18-14-7-6-12(9-13(11)14)21-16(19)15-5-4-8-20-15/h10,12-15,18H,4-9H2,1-3H3. The summed E-state index contributed by atoms with van der Waals surface area (Å²) >= 11 is 0. The second kappa shape index (κ2) is 5.73. The quantitative estimate of drug-likeness (QED) is 0.628. The molecule has 1 saturated carbocycles. The van der Waals surface area contributed by atoms with Crippen LogP contribution in [0.5, 0.6) is 0 Å². The summed E-state index contributed by atoms with van der Waals surface area (Å²) < 4.78 is 11.1. The molecule has 2 aliphatic heterocycles. The van der Waals surface area contributed by atoms with Crippen LogP contribution in [0.1, 0.15) is 52.9 Å². The van der Waals surface area contributed by atoms with Crippen molar-refractivity contribution in [3.63, 3.8) is 0 Å².